The first-order valence-electron chi connectivity index (χ1n) is 8.26. The molecule has 1 aromatic heterocycles. The number of benzene rings is 1. The third kappa shape index (κ3) is 3.59. The van der Waals surface area contributed by atoms with Crippen molar-refractivity contribution >= 4 is 22.8 Å². The van der Waals surface area contributed by atoms with Crippen molar-refractivity contribution in [3.05, 3.63) is 45.8 Å². The topological polar surface area (TPSA) is 109 Å². The Morgan fingerprint density at radius 2 is 2.12 bits per heavy atom. The average molecular weight is 354 g/mol. The number of fused-ring (bicyclic) bond motifs is 1. The van der Waals surface area contributed by atoms with Crippen molar-refractivity contribution < 1.29 is 18.7 Å². The van der Waals surface area contributed by atoms with E-state index in [2.05, 4.69) is 11.4 Å². The maximum Gasteiger partial charge on any atom is 0.374 e. The summed E-state index contributed by atoms with van der Waals surface area (Å²) in [6.45, 7) is 2.93. The number of hydrogen-bond donors (Lipinski definition) is 1. The smallest absolute Gasteiger partial charge is 0.374 e. The van der Waals surface area contributed by atoms with Gasteiger partial charge in [-0.25, -0.2) is 4.79 Å². The van der Waals surface area contributed by atoms with Gasteiger partial charge in [-0.3, -0.25) is 9.59 Å². The second-order valence-electron chi connectivity index (χ2n) is 6.69. The number of esters is 1. The quantitative estimate of drug-likeness (QED) is 0.823. The standard InChI is InChI=1S/C19H18N2O5/c1-11-3-6-15-13(7-11)14(22)8-16(26-15)18(24)25-9-17(23)21-19(2,10-20)12-4-5-12/h3,6-8,12H,4-5,9H2,1-2H3,(H,21,23)/t19-/m0/s1. The summed E-state index contributed by atoms with van der Waals surface area (Å²) >= 11 is 0. The van der Waals surface area contributed by atoms with Crippen LogP contribution in [0.15, 0.2) is 33.5 Å². The maximum atomic E-state index is 12.1. The number of carbonyl (C=O) groups excluding carboxylic acids is 2. The summed E-state index contributed by atoms with van der Waals surface area (Å²) < 4.78 is 10.3. The molecular weight excluding hydrogens is 336 g/mol. The van der Waals surface area contributed by atoms with E-state index in [1.807, 2.05) is 6.92 Å². The molecule has 1 aliphatic carbocycles. The van der Waals surface area contributed by atoms with Crippen LogP contribution in [0.1, 0.15) is 35.9 Å². The Bertz CT molecular complexity index is 984. The molecule has 134 valence electrons. The highest BCUT2D eigenvalue weighted by atomic mass is 16.5. The molecule has 2 aromatic rings. The van der Waals surface area contributed by atoms with Crippen molar-refractivity contribution in [1.29, 1.82) is 5.26 Å². The van der Waals surface area contributed by atoms with E-state index in [0.717, 1.165) is 24.5 Å². The van der Waals surface area contributed by atoms with E-state index >= 15 is 0 Å². The second-order valence-corrected chi connectivity index (χ2v) is 6.69. The molecule has 0 spiro atoms. The number of carbonyl (C=O) groups is 2. The number of aryl methyl sites for hydroxylation is 1. The van der Waals surface area contributed by atoms with E-state index in [4.69, 9.17) is 9.15 Å². The van der Waals surface area contributed by atoms with Gasteiger partial charge in [-0.2, -0.15) is 5.26 Å². The van der Waals surface area contributed by atoms with Gasteiger partial charge in [0.1, 0.15) is 11.1 Å². The molecule has 1 fully saturated rings. The van der Waals surface area contributed by atoms with Crippen LogP contribution in [0.2, 0.25) is 0 Å². The third-order valence-corrected chi connectivity index (χ3v) is 4.44. The van der Waals surface area contributed by atoms with Crippen LogP contribution in [0, 0.1) is 24.2 Å². The summed E-state index contributed by atoms with van der Waals surface area (Å²) in [7, 11) is 0. The molecule has 1 amide bonds. The first kappa shape index (κ1) is 17.7. The number of amides is 1. The molecule has 1 saturated carbocycles. The predicted octanol–water partition coefficient (Wildman–Crippen LogP) is 2.07. The van der Waals surface area contributed by atoms with Crippen LogP contribution >= 0.6 is 0 Å². The Labute approximate surface area is 149 Å². The van der Waals surface area contributed by atoms with Crippen LogP contribution in [0.3, 0.4) is 0 Å². The van der Waals surface area contributed by atoms with Gasteiger partial charge in [0.25, 0.3) is 5.91 Å². The summed E-state index contributed by atoms with van der Waals surface area (Å²) in [5.41, 5.74) is -0.160. The van der Waals surface area contributed by atoms with Crippen LogP contribution in [0.5, 0.6) is 0 Å². The monoisotopic (exact) mass is 354 g/mol. The molecule has 1 atom stereocenters. The first-order chi connectivity index (χ1) is 12.3. The van der Waals surface area contributed by atoms with E-state index in [0.29, 0.717) is 5.39 Å². The molecule has 0 unspecified atom stereocenters. The summed E-state index contributed by atoms with van der Waals surface area (Å²) in [5.74, 6) is -1.64. The maximum absolute atomic E-state index is 12.1. The average Bonchev–Trinajstić information content (AvgIpc) is 3.45. The molecule has 0 radical (unpaired) electrons. The fraction of sp³-hybridized carbons (Fsp3) is 0.368. The molecule has 1 aromatic carbocycles. The van der Waals surface area contributed by atoms with Gasteiger partial charge in [-0.05, 0) is 44.7 Å². The van der Waals surface area contributed by atoms with Crippen molar-refractivity contribution in [3.8, 4) is 6.07 Å². The fourth-order valence-electron chi connectivity index (χ4n) is 2.78. The van der Waals surface area contributed by atoms with Crippen LogP contribution in [-0.4, -0.2) is 24.0 Å². The minimum Gasteiger partial charge on any atom is -0.450 e. The highest BCUT2D eigenvalue weighted by Crippen LogP contribution is 2.39. The van der Waals surface area contributed by atoms with Gasteiger partial charge in [-0.15, -0.1) is 0 Å². The van der Waals surface area contributed by atoms with Crippen molar-refractivity contribution in [2.75, 3.05) is 6.61 Å². The van der Waals surface area contributed by atoms with Gasteiger partial charge in [0.05, 0.1) is 11.5 Å². The third-order valence-electron chi connectivity index (χ3n) is 4.44. The number of hydrogen-bond acceptors (Lipinski definition) is 6. The zero-order valence-corrected chi connectivity index (χ0v) is 14.5. The minimum atomic E-state index is -0.961. The summed E-state index contributed by atoms with van der Waals surface area (Å²) in [5, 5.41) is 12.2. The fourth-order valence-corrected chi connectivity index (χ4v) is 2.78. The number of nitrogens with one attached hydrogen (secondary N) is 1. The molecule has 26 heavy (non-hydrogen) atoms. The summed E-state index contributed by atoms with van der Waals surface area (Å²) in [6, 6.07) is 8.17. The van der Waals surface area contributed by atoms with Gasteiger partial charge in [0, 0.05) is 6.07 Å². The largest absolute Gasteiger partial charge is 0.450 e. The van der Waals surface area contributed by atoms with Gasteiger partial charge in [-0.1, -0.05) is 11.6 Å². The lowest BCUT2D eigenvalue weighted by Crippen LogP contribution is -2.48. The molecule has 3 rings (SSSR count). The van der Waals surface area contributed by atoms with Crippen LogP contribution < -0.4 is 10.7 Å². The van der Waals surface area contributed by atoms with E-state index < -0.39 is 24.0 Å². The molecule has 0 bridgehead atoms. The van der Waals surface area contributed by atoms with Crippen LogP contribution in [0.25, 0.3) is 11.0 Å². The van der Waals surface area contributed by atoms with Crippen molar-refractivity contribution in [2.45, 2.75) is 32.2 Å². The highest BCUT2D eigenvalue weighted by molar-refractivity contribution is 5.91. The van der Waals surface area contributed by atoms with Gasteiger partial charge in [0.2, 0.25) is 5.76 Å². The number of ether oxygens (including phenoxy) is 1. The van der Waals surface area contributed by atoms with Gasteiger partial charge in [0.15, 0.2) is 12.0 Å². The lowest BCUT2D eigenvalue weighted by atomic mass is 9.98. The lowest BCUT2D eigenvalue weighted by Gasteiger charge is -2.22. The predicted molar refractivity (Wildman–Crippen MR) is 92.4 cm³/mol. The Balaban J connectivity index is 1.68. The molecule has 1 aliphatic rings. The summed E-state index contributed by atoms with van der Waals surface area (Å²) in [4.78, 5) is 36.2. The molecule has 0 aliphatic heterocycles. The Hall–Kier alpha value is -3.14. The van der Waals surface area contributed by atoms with Crippen LogP contribution in [0.4, 0.5) is 0 Å². The first-order valence-corrected chi connectivity index (χ1v) is 8.26. The van der Waals surface area contributed by atoms with E-state index in [9.17, 15) is 19.6 Å². The molecule has 0 saturated heterocycles. The zero-order chi connectivity index (χ0) is 18.9. The molecular formula is C19H18N2O5. The van der Waals surface area contributed by atoms with E-state index in [1.54, 1.807) is 25.1 Å². The van der Waals surface area contributed by atoms with Crippen molar-refractivity contribution in [3.63, 3.8) is 0 Å². The Morgan fingerprint density at radius 1 is 1.38 bits per heavy atom. The SMILES string of the molecule is Cc1ccc2oc(C(=O)OCC(=O)N[C@@](C)(C#N)C3CC3)cc(=O)c2c1. The number of nitrogens with zero attached hydrogens (tertiary/aromatic N) is 1. The van der Waals surface area contributed by atoms with Gasteiger partial charge >= 0.3 is 5.97 Å². The second kappa shape index (κ2) is 6.64. The zero-order valence-electron chi connectivity index (χ0n) is 14.5. The molecule has 1 N–H and O–H groups in total. The number of rotatable bonds is 5. The lowest BCUT2D eigenvalue weighted by molar-refractivity contribution is -0.125. The van der Waals surface area contributed by atoms with Crippen molar-refractivity contribution in [1.82, 2.24) is 5.32 Å². The minimum absolute atomic E-state index is 0.120. The Morgan fingerprint density at radius 3 is 2.77 bits per heavy atom. The highest BCUT2D eigenvalue weighted by Gasteiger charge is 2.43. The normalized spacial score (nSPS) is 15.7. The molecule has 7 nitrogen and oxygen atoms in total. The molecule has 1 heterocycles. The number of nitriles is 1. The molecule has 7 heteroatoms. The van der Waals surface area contributed by atoms with E-state index in [-0.39, 0.29) is 22.7 Å². The van der Waals surface area contributed by atoms with E-state index in [1.165, 1.54) is 0 Å². The summed E-state index contributed by atoms with van der Waals surface area (Å²) in [6.07, 6.45) is 1.76. The van der Waals surface area contributed by atoms with Crippen LogP contribution in [-0.2, 0) is 9.53 Å². The van der Waals surface area contributed by atoms with Crippen molar-refractivity contribution in [2.24, 2.45) is 5.92 Å². The Kier molecular flexibility index (Phi) is 4.51. The van der Waals surface area contributed by atoms with Gasteiger partial charge < -0.3 is 14.5 Å².